The van der Waals surface area contributed by atoms with E-state index in [2.05, 4.69) is 4.98 Å². The lowest BCUT2D eigenvalue weighted by Gasteiger charge is -2.03. The van der Waals surface area contributed by atoms with Crippen molar-refractivity contribution in [2.45, 2.75) is 20.3 Å². The van der Waals surface area contributed by atoms with Crippen LogP contribution in [-0.4, -0.2) is 11.0 Å². The Hall–Kier alpha value is -1.38. The van der Waals surface area contributed by atoms with Gasteiger partial charge in [-0.2, -0.15) is 0 Å². The molecule has 1 aromatic heterocycles. The molecule has 3 heteroatoms. The molecule has 0 amide bonds. The van der Waals surface area contributed by atoms with Gasteiger partial charge in [-0.1, -0.05) is 6.92 Å². The van der Waals surface area contributed by atoms with Crippen molar-refractivity contribution in [1.29, 1.82) is 0 Å². The average Bonchev–Trinajstić information content (AvgIpc) is 2.09. The average molecular weight is 165 g/mol. The molecule has 0 N–H and O–H groups in total. The van der Waals surface area contributed by atoms with Crippen molar-refractivity contribution < 1.29 is 9.53 Å². The summed E-state index contributed by atoms with van der Waals surface area (Å²) in [6.07, 6.45) is 3.66. The highest BCUT2D eigenvalue weighted by atomic mass is 16.5. The monoisotopic (exact) mass is 165 g/mol. The normalized spacial score (nSPS) is 9.50. The van der Waals surface area contributed by atoms with Gasteiger partial charge in [0.15, 0.2) is 0 Å². The molecular formula is C9H11NO2. The zero-order valence-corrected chi connectivity index (χ0v) is 7.20. The summed E-state index contributed by atoms with van der Waals surface area (Å²) in [7, 11) is 0. The number of esters is 1. The number of nitrogens with zero attached hydrogens (tertiary/aromatic N) is 1. The minimum Gasteiger partial charge on any atom is -0.426 e. The molecule has 12 heavy (non-hydrogen) atoms. The molecule has 0 aromatic carbocycles. The number of hydrogen-bond donors (Lipinski definition) is 0. The Bertz CT molecular complexity index is 284. The Morgan fingerprint density at radius 3 is 3.00 bits per heavy atom. The first-order valence-corrected chi connectivity index (χ1v) is 3.85. The third-order valence-electron chi connectivity index (χ3n) is 1.48. The maximum Gasteiger partial charge on any atom is 0.310 e. The zero-order chi connectivity index (χ0) is 8.97. The van der Waals surface area contributed by atoms with E-state index < -0.39 is 0 Å². The van der Waals surface area contributed by atoms with Gasteiger partial charge in [0.1, 0.15) is 5.75 Å². The lowest BCUT2D eigenvalue weighted by Crippen LogP contribution is -2.06. The highest BCUT2D eigenvalue weighted by Gasteiger charge is 2.03. The predicted octanol–water partition coefficient (Wildman–Crippen LogP) is 1.71. The van der Waals surface area contributed by atoms with Crippen molar-refractivity contribution in [3.8, 4) is 5.75 Å². The van der Waals surface area contributed by atoms with Crippen LogP contribution in [-0.2, 0) is 4.79 Å². The van der Waals surface area contributed by atoms with Gasteiger partial charge in [-0.05, 0) is 13.0 Å². The van der Waals surface area contributed by atoms with Crippen molar-refractivity contribution in [3.63, 3.8) is 0 Å². The van der Waals surface area contributed by atoms with E-state index in [1.54, 1.807) is 25.4 Å². The molecule has 0 fully saturated rings. The van der Waals surface area contributed by atoms with Crippen molar-refractivity contribution in [1.82, 2.24) is 4.98 Å². The van der Waals surface area contributed by atoms with E-state index in [0.29, 0.717) is 12.2 Å². The number of carbonyl (C=O) groups excluding carboxylic acids is 1. The highest BCUT2D eigenvalue weighted by molar-refractivity contribution is 5.72. The highest BCUT2D eigenvalue weighted by Crippen LogP contribution is 2.14. The largest absolute Gasteiger partial charge is 0.426 e. The smallest absolute Gasteiger partial charge is 0.310 e. The topological polar surface area (TPSA) is 39.2 Å². The minimum atomic E-state index is -0.218. The van der Waals surface area contributed by atoms with Crippen LogP contribution in [0.15, 0.2) is 18.5 Å². The van der Waals surface area contributed by atoms with E-state index in [9.17, 15) is 4.79 Å². The third-order valence-corrected chi connectivity index (χ3v) is 1.48. The first-order chi connectivity index (χ1) is 5.74. The summed E-state index contributed by atoms with van der Waals surface area (Å²) in [6, 6.07) is 1.68. The molecule has 0 atom stereocenters. The van der Waals surface area contributed by atoms with E-state index in [1.165, 1.54) is 0 Å². The van der Waals surface area contributed by atoms with Crippen molar-refractivity contribution in [2.75, 3.05) is 0 Å². The van der Waals surface area contributed by atoms with Crippen LogP contribution < -0.4 is 4.74 Å². The van der Waals surface area contributed by atoms with Crippen LogP contribution in [0.4, 0.5) is 0 Å². The van der Waals surface area contributed by atoms with Crippen LogP contribution in [0, 0.1) is 6.92 Å². The second-order valence-corrected chi connectivity index (χ2v) is 2.47. The maximum atomic E-state index is 10.9. The van der Waals surface area contributed by atoms with Gasteiger partial charge in [0.25, 0.3) is 0 Å². The van der Waals surface area contributed by atoms with E-state index in [-0.39, 0.29) is 5.97 Å². The number of ether oxygens (including phenoxy) is 1. The standard InChI is InChI=1S/C9H11NO2/c1-3-9(11)12-8-4-5-10-6-7(8)2/h4-6H,3H2,1-2H3. The molecule has 0 unspecified atom stereocenters. The second kappa shape index (κ2) is 3.85. The van der Waals surface area contributed by atoms with E-state index in [0.717, 1.165) is 5.56 Å². The SMILES string of the molecule is CCC(=O)Oc1ccncc1C. The Labute approximate surface area is 71.4 Å². The van der Waals surface area contributed by atoms with Gasteiger partial charge in [0.05, 0.1) is 0 Å². The number of rotatable bonds is 2. The maximum absolute atomic E-state index is 10.9. The summed E-state index contributed by atoms with van der Waals surface area (Å²) in [4.78, 5) is 14.8. The number of pyridine rings is 1. The van der Waals surface area contributed by atoms with Gasteiger partial charge >= 0.3 is 5.97 Å². The molecule has 0 aliphatic heterocycles. The van der Waals surface area contributed by atoms with Crippen molar-refractivity contribution in [3.05, 3.63) is 24.0 Å². The first-order valence-electron chi connectivity index (χ1n) is 3.85. The van der Waals surface area contributed by atoms with E-state index in [1.807, 2.05) is 6.92 Å². The number of carbonyl (C=O) groups is 1. The summed E-state index contributed by atoms with van der Waals surface area (Å²) in [5.41, 5.74) is 0.874. The van der Waals surface area contributed by atoms with E-state index >= 15 is 0 Å². The quantitative estimate of drug-likeness (QED) is 0.626. The molecule has 0 saturated heterocycles. The van der Waals surface area contributed by atoms with Gasteiger partial charge in [-0.3, -0.25) is 9.78 Å². The Morgan fingerprint density at radius 2 is 2.42 bits per heavy atom. The van der Waals surface area contributed by atoms with Crippen LogP contribution in [0.5, 0.6) is 5.75 Å². The molecule has 0 aliphatic rings. The van der Waals surface area contributed by atoms with Gasteiger partial charge in [-0.25, -0.2) is 0 Å². The van der Waals surface area contributed by atoms with Crippen molar-refractivity contribution >= 4 is 5.97 Å². The van der Waals surface area contributed by atoms with Crippen LogP contribution in [0.1, 0.15) is 18.9 Å². The molecule has 0 spiro atoms. The second-order valence-electron chi connectivity index (χ2n) is 2.47. The fourth-order valence-corrected chi connectivity index (χ4v) is 0.770. The van der Waals surface area contributed by atoms with Crippen LogP contribution >= 0.6 is 0 Å². The summed E-state index contributed by atoms with van der Waals surface area (Å²) < 4.78 is 5.02. The minimum absolute atomic E-state index is 0.218. The molecule has 0 radical (unpaired) electrons. The summed E-state index contributed by atoms with van der Waals surface area (Å²) in [5, 5.41) is 0. The lowest BCUT2D eigenvalue weighted by atomic mass is 10.3. The third kappa shape index (κ3) is 2.05. The van der Waals surface area contributed by atoms with Crippen molar-refractivity contribution in [2.24, 2.45) is 0 Å². The Morgan fingerprint density at radius 1 is 1.67 bits per heavy atom. The molecule has 0 saturated carbocycles. The fraction of sp³-hybridized carbons (Fsp3) is 0.333. The molecular weight excluding hydrogens is 154 g/mol. The Kier molecular flexibility index (Phi) is 2.80. The molecule has 64 valence electrons. The first kappa shape index (κ1) is 8.71. The van der Waals surface area contributed by atoms with Crippen LogP contribution in [0.25, 0.3) is 0 Å². The van der Waals surface area contributed by atoms with Crippen LogP contribution in [0.2, 0.25) is 0 Å². The number of aryl methyl sites for hydroxylation is 1. The molecule has 1 aromatic rings. The molecule has 0 aliphatic carbocycles. The predicted molar refractivity (Wildman–Crippen MR) is 44.9 cm³/mol. The van der Waals surface area contributed by atoms with E-state index in [4.69, 9.17) is 4.74 Å². The summed E-state index contributed by atoms with van der Waals surface area (Å²) in [5.74, 6) is 0.376. The fourth-order valence-electron chi connectivity index (χ4n) is 0.770. The zero-order valence-electron chi connectivity index (χ0n) is 7.20. The number of aromatic nitrogens is 1. The molecule has 1 rings (SSSR count). The molecule has 0 bridgehead atoms. The van der Waals surface area contributed by atoms with Gasteiger partial charge in [0, 0.05) is 24.4 Å². The molecule has 1 heterocycles. The molecule has 3 nitrogen and oxygen atoms in total. The van der Waals surface area contributed by atoms with Gasteiger partial charge < -0.3 is 4.74 Å². The Balaban J connectivity index is 2.75. The summed E-state index contributed by atoms with van der Waals surface area (Å²) in [6.45, 7) is 3.62. The van der Waals surface area contributed by atoms with Crippen LogP contribution in [0.3, 0.4) is 0 Å². The lowest BCUT2D eigenvalue weighted by molar-refractivity contribution is -0.134. The van der Waals surface area contributed by atoms with Gasteiger partial charge in [0.2, 0.25) is 0 Å². The number of hydrogen-bond acceptors (Lipinski definition) is 3. The van der Waals surface area contributed by atoms with Gasteiger partial charge in [-0.15, -0.1) is 0 Å². The summed E-state index contributed by atoms with van der Waals surface area (Å²) >= 11 is 0.